The summed E-state index contributed by atoms with van der Waals surface area (Å²) in [5.41, 5.74) is 0.615. The van der Waals surface area contributed by atoms with E-state index in [1.807, 2.05) is 26.8 Å². The Hall–Kier alpha value is -1.32. The molecular weight excluding hydrogens is 206 g/mol. The lowest BCUT2D eigenvalue weighted by Gasteiger charge is -2.23. The zero-order valence-electron chi connectivity index (χ0n) is 10.5. The number of allylic oxidation sites excluding steroid dienone is 1. The van der Waals surface area contributed by atoms with E-state index in [0.29, 0.717) is 12.1 Å². The van der Waals surface area contributed by atoms with Crippen LogP contribution in [0.4, 0.5) is 0 Å². The van der Waals surface area contributed by atoms with Crippen molar-refractivity contribution in [1.29, 1.82) is 0 Å². The summed E-state index contributed by atoms with van der Waals surface area (Å²) in [7, 11) is 0. The van der Waals surface area contributed by atoms with Crippen LogP contribution < -0.4 is 0 Å². The Kier molecular flexibility index (Phi) is 6.46. The molecule has 0 aromatic rings. The number of hydrogen-bond acceptors (Lipinski definition) is 2. The molecule has 4 nitrogen and oxygen atoms in total. The van der Waals surface area contributed by atoms with Gasteiger partial charge in [-0.1, -0.05) is 26.8 Å². The van der Waals surface area contributed by atoms with Crippen molar-refractivity contribution in [2.45, 2.75) is 34.1 Å². The molecule has 1 N–H and O–H groups in total. The molecule has 0 aromatic heterocycles. The normalized spacial score (nSPS) is 11.7. The third-order valence-corrected chi connectivity index (χ3v) is 2.05. The second-order valence-electron chi connectivity index (χ2n) is 4.27. The number of hydrogen-bond donors (Lipinski definition) is 1. The maximum absolute atomic E-state index is 11.9. The van der Waals surface area contributed by atoms with Gasteiger partial charge < -0.3 is 10.0 Å². The molecule has 92 valence electrons. The first-order valence-electron chi connectivity index (χ1n) is 5.56. The molecule has 0 bridgehead atoms. The van der Waals surface area contributed by atoms with Gasteiger partial charge in [0.25, 0.3) is 0 Å². The Balaban J connectivity index is 4.67. The van der Waals surface area contributed by atoms with E-state index in [1.54, 1.807) is 6.92 Å². The Morgan fingerprint density at radius 3 is 2.31 bits per heavy atom. The molecule has 1 amide bonds. The molecule has 0 radical (unpaired) electrons. The number of nitrogens with zero attached hydrogens (tertiary/aromatic N) is 1. The molecular formula is C12H21NO3. The van der Waals surface area contributed by atoms with Gasteiger partial charge in [0.1, 0.15) is 6.54 Å². The van der Waals surface area contributed by atoms with E-state index in [0.717, 1.165) is 6.42 Å². The molecule has 0 atom stereocenters. The molecule has 0 aromatic carbocycles. The lowest BCUT2D eigenvalue weighted by atomic mass is 10.1. The molecule has 0 heterocycles. The van der Waals surface area contributed by atoms with E-state index >= 15 is 0 Å². The molecule has 0 aliphatic heterocycles. The van der Waals surface area contributed by atoms with Gasteiger partial charge in [0.05, 0.1) is 0 Å². The van der Waals surface area contributed by atoms with Gasteiger partial charge in [-0.15, -0.1) is 0 Å². The van der Waals surface area contributed by atoms with Crippen LogP contribution in [0, 0.1) is 5.92 Å². The predicted molar refractivity (Wildman–Crippen MR) is 63.1 cm³/mol. The van der Waals surface area contributed by atoms with E-state index in [9.17, 15) is 9.59 Å². The Morgan fingerprint density at radius 2 is 1.94 bits per heavy atom. The first kappa shape index (κ1) is 14.7. The van der Waals surface area contributed by atoms with Crippen LogP contribution in [0.25, 0.3) is 0 Å². The van der Waals surface area contributed by atoms with E-state index < -0.39 is 5.97 Å². The van der Waals surface area contributed by atoms with Crippen LogP contribution in [0.2, 0.25) is 0 Å². The first-order chi connectivity index (χ1) is 7.38. The summed E-state index contributed by atoms with van der Waals surface area (Å²) >= 11 is 0. The zero-order chi connectivity index (χ0) is 12.7. The van der Waals surface area contributed by atoms with Gasteiger partial charge in [0, 0.05) is 12.1 Å². The van der Waals surface area contributed by atoms with Crippen molar-refractivity contribution in [1.82, 2.24) is 4.90 Å². The van der Waals surface area contributed by atoms with Crippen LogP contribution in [0.3, 0.4) is 0 Å². The average Bonchev–Trinajstić information content (AvgIpc) is 2.14. The number of carboxylic acids is 1. The second kappa shape index (κ2) is 7.04. The largest absolute Gasteiger partial charge is 0.480 e. The summed E-state index contributed by atoms with van der Waals surface area (Å²) < 4.78 is 0. The van der Waals surface area contributed by atoms with Gasteiger partial charge in [-0.3, -0.25) is 9.59 Å². The fraction of sp³-hybridized carbons (Fsp3) is 0.667. The summed E-state index contributed by atoms with van der Waals surface area (Å²) in [5, 5.41) is 8.74. The number of carbonyl (C=O) groups excluding carboxylic acids is 1. The second-order valence-corrected chi connectivity index (χ2v) is 4.27. The van der Waals surface area contributed by atoms with Crippen molar-refractivity contribution in [2.24, 2.45) is 5.92 Å². The summed E-state index contributed by atoms with van der Waals surface area (Å²) in [6.07, 6.45) is 2.59. The molecule has 0 spiro atoms. The van der Waals surface area contributed by atoms with Crippen LogP contribution in [0.15, 0.2) is 11.6 Å². The third kappa shape index (κ3) is 5.53. The maximum atomic E-state index is 11.9. The Labute approximate surface area is 96.9 Å². The smallest absolute Gasteiger partial charge is 0.323 e. The van der Waals surface area contributed by atoms with Crippen molar-refractivity contribution < 1.29 is 14.7 Å². The molecule has 16 heavy (non-hydrogen) atoms. The topological polar surface area (TPSA) is 57.6 Å². The van der Waals surface area contributed by atoms with Crippen LogP contribution in [-0.4, -0.2) is 35.0 Å². The Bertz CT molecular complexity index is 282. The van der Waals surface area contributed by atoms with Crippen molar-refractivity contribution in [3.8, 4) is 0 Å². The van der Waals surface area contributed by atoms with Crippen molar-refractivity contribution in [2.75, 3.05) is 13.1 Å². The number of aliphatic carboxylic acids is 1. The van der Waals surface area contributed by atoms with Crippen molar-refractivity contribution in [3.05, 3.63) is 11.6 Å². The standard InChI is InChI=1S/C12H21NO3/c1-5-6-10(4)12(16)13(7-9(2)3)8-11(14)15/h6,9H,5,7-8H2,1-4H3,(H,14,15)/b10-6+. The quantitative estimate of drug-likeness (QED) is 0.705. The number of rotatable bonds is 6. The fourth-order valence-corrected chi connectivity index (χ4v) is 1.47. The molecule has 0 fully saturated rings. The van der Waals surface area contributed by atoms with Gasteiger partial charge in [0.2, 0.25) is 5.91 Å². The predicted octanol–water partition coefficient (Wildman–Crippen LogP) is 1.91. The molecule has 0 rings (SSSR count). The average molecular weight is 227 g/mol. The molecule has 0 aliphatic carbocycles. The first-order valence-corrected chi connectivity index (χ1v) is 5.56. The summed E-state index contributed by atoms with van der Waals surface area (Å²) in [4.78, 5) is 23.9. The van der Waals surface area contributed by atoms with Gasteiger partial charge in [-0.2, -0.15) is 0 Å². The van der Waals surface area contributed by atoms with Gasteiger partial charge >= 0.3 is 5.97 Å². The zero-order valence-corrected chi connectivity index (χ0v) is 10.5. The van der Waals surface area contributed by atoms with E-state index in [4.69, 9.17) is 5.11 Å². The highest BCUT2D eigenvalue weighted by atomic mass is 16.4. The van der Waals surface area contributed by atoms with Crippen LogP contribution in [0.5, 0.6) is 0 Å². The Morgan fingerprint density at radius 1 is 1.38 bits per heavy atom. The minimum Gasteiger partial charge on any atom is -0.480 e. The van der Waals surface area contributed by atoms with Gasteiger partial charge in [0.15, 0.2) is 0 Å². The van der Waals surface area contributed by atoms with E-state index in [1.165, 1.54) is 4.90 Å². The fourth-order valence-electron chi connectivity index (χ4n) is 1.47. The number of carbonyl (C=O) groups is 2. The molecule has 0 aliphatic rings. The highest BCUT2D eigenvalue weighted by molar-refractivity contribution is 5.94. The van der Waals surface area contributed by atoms with Crippen molar-refractivity contribution >= 4 is 11.9 Å². The highest BCUT2D eigenvalue weighted by Gasteiger charge is 2.18. The van der Waals surface area contributed by atoms with E-state index in [-0.39, 0.29) is 18.4 Å². The molecule has 0 saturated carbocycles. The maximum Gasteiger partial charge on any atom is 0.323 e. The lowest BCUT2D eigenvalue weighted by Crippen LogP contribution is -2.38. The SMILES string of the molecule is CC/C=C(\C)C(=O)N(CC(=O)O)CC(C)C. The summed E-state index contributed by atoms with van der Waals surface area (Å²) in [5.74, 6) is -0.894. The molecule has 4 heteroatoms. The minimum atomic E-state index is -0.974. The summed E-state index contributed by atoms with van der Waals surface area (Å²) in [6.45, 7) is 7.83. The van der Waals surface area contributed by atoms with Crippen molar-refractivity contribution in [3.63, 3.8) is 0 Å². The monoisotopic (exact) mass is 227 g/mol. The minimum absolute atomic E-state index is 0.182. The van der Waals surface area contributed by atoms with Crippen LogP contribution in [0.1, 0.15) is 34.1 Å². The van der Waals surface area contributed by atoms with Crippen LogP contribution in [-0.2, 0) is 9.59 Å². The lowest BCUT2D eigenvalue weighted by molar-refractivity contribution is -0.143. The van der Waals surface area contributed by atoms with Gasteiger partial charge in [-0.05, 0) is 19.3 Å². The molecule has 0 saturated heterocycles. The third-order valence-electron chi connectivity index (χ3n) is 2.05. The number of amides is 1. The van der Waals surface area contributed by atoms with E-state index in [2.05, 4.69) is 0 Å². The van der Waals surface area contributed by atoms with Crippen LogP contribution >= 0.6 is 0 Å². The molecule has 0 unspecified atom stereocenters. The van der Waals surface area contributed by atoms with Gasteiger partial charge in [-0.25, -0.2) is 0 Å². The summed E-state index contributed by atoms with van der Waals surface area (Å²) in [6, 6.07) is 0. The highest BCUT2D eigenvalue weighted by Crippen LogP contribution is 2.06. The number of carboxylic acid groups (broad SMARTS) is 1.